The molecule has 0 atom stereocenters. The van der Waals surface area contributed by atoms with Crippen molar-refractivity contribution in [3.05, 3.63) is 47.8 Å². The van der Waals surface area contributed by atoms with Gasteiger partial charge in [0.05, 0.1) is 7.11 Å². The molecule has 0 saturated carbocycles. The summed E-state index contributed by atoms with van der Waals surface area (Å²) < 4.78 is 19.7. The minimum absolute atomic E-state index is 0.201. The molecule has 1 aliphatic heterocycles. The van der Waals surface area contributed by atoms with Crippen LogP contribution < -0.4 is 9.64 Å². The molecule has 2 aromatic carbocycles. The SMILES string of the molecule is CC.CCc1ccc(-c2cc(OC)ccc2F)c(N2CCCCC2)c1. The maximum absolute atomic E-state index is 14.4. The van der Waals surface area contributed by atoms with Gasteiger partial charge in [0.15, 0.2) is 0 Å². The number of halogens is 1. The molecule has 1 aliphatic rings. The van der Waals surface area contributed by atoms with Crippen molar-refractivity contribution in [2.75, 3.05) is 25.1 Å². The van der Waals surface area contributed by atoms with Crippen LogP contribution >= 0.6 is 0 Å². The number of aryl methyl sites for hydroxylation is 1. The van der Waals surface area contributed by atoms with E-state index in [2.05, 4.69) is 30.0 Å². The van der Waals surface area contributed by atoms with Crippen LogP contribution in [0.3, 0.4) is 0 Å². The van der Waals surface area contributed by atoms with Crippen LogP contribution in [0.4, 0.5) is 10.1 Å². The summed E-state index contributed by atoms with van der Waals surface area (Å²) in [5.74, 6) is 0.485. The molecule has 0 amide bonds. The van der Waals surface area contributed by atoms with Crippen molar-refractivity contribution in [1.29, 1.82) is 0 Å². The Morgan fingerprint density at radius 2 is 1.68 bits per heavy atom. The zero-order valence-corrected chi connectivity index (χ0v) is 15.9. The van der Waals surface area contributed by atoms with Gasteiger partial charge in [0, 0.05) is 29.9 Å². The summed E-state index contributed by atoms with van der Waals surface area (Å²) in [6.45, 7) is 8.25. The van der Waals surface area contributed by atoms with Gasteiger partial charge in [-0.1, -0.05) is 32.9 Å². The molecule has 25 heavy (non-hydrogen) atoms. The minimum Gasteiger partial charge on any atom is -0.497 e. The van der Waals surface area contributed by atoms with Crippen molar-refractivity contribution in [3.8, 4) is 16.9 Å². The van der Waals surface area contributed by atoms with E-state index in [1.807, 2.05) is 13.8 Å². The van der Waals surface area contributed by atoms with E-state index in [-0.39, 0.29) is 5.82 Å². The van der Waals surface area contributed by atoms with Crippen molar-refractivity contribution in [1.82, 2.24) is 0 Å². The zero-order chi connectivity index (χ0) is 18.2. The first-order chi connectivity index (χ1) is 12.2. The summed E-state index contributed by atoms with van der Waals surface area (Å²) in [5.41, 5.74) is 4.02. The standard InChI is InChI=1S/C20H24FNO.C2H6/c1-3-15-7-9-17(18-14-16(23-2)8-10-19(18)21)20(13-15)22-11-5-4-6-12-22;1-2/h7-10,13-14H,3-6,11-12H2,1-2H3;1-2H3. The predicted octanol–water partition coefficient (Wildman–Crippen LogP) is 6.08. The maximum Gasteiger partial charge on any atom is 0.131 e. The molecule has 0 radical (unpaired) electrons. The van der Waals surface area contributed by atoms with E-state index in [0.29, 0.717) is 11.3 Å². The van der Waals surface area contributed by atoms with Gasteiger partial charge in [-0.2, -0.15) is 0 Å². The molecule has 0 bridgehead atoms. The molecule has 1 heterocycles. The quantitative estimate of drug-likeness (QED) is 0.667. The lowest BCUT2D eigenvalue weighted by Crippen LogP contribution is -2.30. The zero-order valence-electron chi connectivity index (χ0n) is 15.9. The second kappa shape index (κ2) is 9.45. The van der Waals surface area contributed by atoms with E-state index in [9.17, 15) is 4.39 Å². The molecule has 3 heteroatoms. The van der Waals surface area contributed by atoms with E-state index in [0.717, 1.165) is 30.8 Å². The molecule has 0 N–H and O–H groups in total. The van der Waals surface area contributed by atoms with E-state index in [1.54, 1.807) is 19.2 Å². The molecule has 0 aromatic heterocycles. The second-order valence-electron chi connectivity index (χ2n) is 6.10. The minimum atomic E-state index is -0.201. The lowest BCUT2D eigenvalue weighted by atomic mass is 9.97. The number of ether oxygens (including phenoxy) is 1. The normalized spacial score (nSPS) is 13.9. The lowest BCUT2D eigenvalue weighted by molar-refractivity contribution is 0.414. The van der Waals surface area contributed by atoms with Crippen LogP contribution in [0.1, 0.15) is 45.6 Å². The highest BCUT2D eigenvalue weighted by atomic mass is 19.1. The van der Waals surface area contributed by atoms with Crippen LogP contribution in [0.15, 0.2) is 36.4 Å². The van der Waals surface area contributed by atoms with Gasteiger partial charge < -0.3 is 9.64 Å². The number of nitrogens with zero attached hydrogens (tertiary/aromatic N) is 1. The van der Waals surface area contributed by atoms with Crippen LogP contribution in [0.2, 0.25) is 0 Å². The number of piperidine rings is 1. The van der Waals surface area contributed by atoms with Crippen molar-refractivity contribution in [2.24, 2.45) is 0 Å². The van der Waals surface area contributed by atoms with Crippen molar-refractivity contribution in [3.63, 3.8) is 0 Å². The third-order valence-electron chi connectivity index (χ3n) is 4.63. The molecular weight excluding hydrogens is 313 g/mol. The fraction of sp³-hybridized carbons (Fsp3) is 0.455. The Balaban J connectivity index is 0.00000109. The van der Waals surface area contributed by atoms with Crippen LogP contribution in [-0.2, 0) is 6.42 Å². The van der Waals surface area contributed by atoms with E-state index < -0.39 is 0 Å². The molecule has 3 rings (SSSR count). The number of hydrogen-bond donors (Lipinski definition) is 0. The number of hydrogen-bond acceptors (Lipinski definition) is 2. The molecule has 1 saturated heterocycles. The summed E-state index contributed by atoms with van der Waals surface area (Å²) in [5, 5.41) is 0. The van der Waals surface area contributed by atoms with Gasteiger partial charge in [-0.3, -0.25) is 0 Å². The first kappa shape index (κ1) is 19.3. The van der Waals surface area contributed by atoms with Crippen molar-refractivity contribution in [2.45, 2.75) is 46.5 Å². The van der Waals surface area contributed by atoms with Gasteiger partial charge in [0.1, 0.15) is 11.6 Å². The van der Waals surface area contributed by atoms with Gasteiger partial charge in [-0.05, 0) is 55.5 Å². The van der Waals surface area contributed by atoms with Crippen molar-refractivity contribution < 1.29 is 9.13 Å². The van der Waals surface area contributed by atoms with Gasteiger partial charge in [0.2, 0.25) is 0 Å². The summed E-state index contributed by atoms with van der Waals surface area (Å²) in [6, 6.07) is 11.3. The van der Waals surface area contributed by atoms with Gasteiger partial charge in [-0.25, -0.2) is 4.39 Å². The number of benzene rings is 2. The summed E-state index contributed by atoms with van der Waals surface area (Å²) in [7, 11) is 1.61. The van der Waals surface area contributed by atoms with E-state index in [1.165, 1.54) is 30.9 Å². The first-order valence-corrected chi connectivity index (χ1v) is 9.44. The van der Waals surface area contributed by atoms with Gasteiger partial charge >= 0.3 is 0 Å². The average molecular weight is 343 g/mol. The summed E-state index contributed by atoms with van der Waals surface area (Å²) >= 11 is 0. The Kier molecular flexibility index (Phi) is 7.30. The van der Waals surface area contributed by atoms with Crippen LogP contribution in [0.25, 0.3) is 11.1 Å². The Hall–Kier alpha value is -2.03. The number of methoxy groups -OCH3 is 1. The molecule has 0 unspecified atom stereocenters. The first-order valence-electron chi connectivity index (χ1n) is 9.44. The Bertz CT molecular complexity index is 678. The number of anilines is 1. The molecule has 1 fully saturated rings. The van der Waals surface area contributed by atoms with Crippen LogP contribution in [0.5, 0.6) is 5.75 Å². The third kappa shape index (κ3) is 4.53. The Morgan fingerprint density at radius 3 is 2.32 bits per heavy atom. The Labute approximate surface area is 151 Å². The summed E-state index contributed by atoms with van der Waals surface area (Å²) in [4.78, 5) is 2.40. The maximum atomic E-state index is 14.4. The second-order valence-corrected chi connectivity index (χ2v) is 6.10. The van der Waals surface area contributed by atoms with E-state index >= 15 is 0 Å². The highest BCUT2D eigenvalue weighted by Crippen LogP contribution is 2.36. The topological polar surface area (TPSA) is 12.5 Å². The molecule has 0 aliphatic carbocycles. The molecule has 2 aromatic rings. The number of rotatable bonds is 4. The predicted molar refractivity (Wildman–Crippen MR) is 105 cm³/mol. The fourth-order valence-corrected chi connectivity index (χ4v) is 3.26. The molecular formula is C22H30FNO. The van der Waals surface area contributed by atoms with Crippen LogP contribution in [0, 0.1) is 5.82 Å². The average Bonchev–Trinajstić information content (AvgIpc) is 2.70. The molecule has 136 valence electrons. The molecule has 0 spiro atoms. The highest BCUT2D eigenvalue weighted by Gasteiger charge is 2.18. The molecule has 2 nitrogen and oxygen atoms in total. The van der Waals surface area contributed by atoms with Crippen molar-refractivity contribution >= 4 is 5.69 Å². The lowest BCUT2D eigenvalue weighted by Gasteiger charge is -2.31. The van der Waals surface area contributed by atoms with Gasteiger partial charge in [0.25, 0.3) is 0 Å². The highest BCUT2D eigenvalue weighted by molar-refractivity contribution is 5.80. The summed E-state index contributed by atoms with van der Waals surface area (Å²) in [6.07, 6.45) is 4.68. The largest absolute Gasteiger partial charge is 0.497 e. The Morgan fingerprint density at radius 1 is 0.960 bits per heavy atom. The van der Waals surface area contributed by atoms with E-state index in [4.69, 9.17) is 4.74 Å². The fourth-order valence-electron chi connectivity index (χ4n) is 3.26. The van der Waals surface area contributed by atoms with Gasteiger partial charge in [-0.15, -0.1) is 0 Å². The van der Waals surface area contributed by atoms with Crippen LogP contribution in [-0.4, -0.2) is 20.2 Å². The third-order valence-corrected chi connectivity index (χ3v) is 4.63. The smallest absolute Gasteiger partial charge is 0.131 e. The monoisotopic (exact) mass is 343 g/mol.